The molecular weight excluding hydrogens is 256 g/mol. The first kappa shape index (κ1) is 14.5. The Bertz CT molecular complexity index is 478. The Morgan fingerprint density at radius 3 is 2.15 bits per heavy atom. The Balaban J connectivity index is 1.86. The second-order valence-corrected chi connectivity index (χ2v) is 5.10. The van der Waals surface area contributed by atoms with Crippen LogP contribution >= 0.6 is 0 Å². The Kier molecular flexibility index (Phi) is 4.39. The summed E-state index contributed by atoms with van der Waals surface area (Å²) >= 11 is 0. The number of hydrogen-bond donors (Lipinski definition) is 1. The topological polar surface area (TPSA) is 72.6 Å². The molecule has 1 fully saturated rings. The third kappa shape index (κ3) is 2.82. The van der Waals surface area contributed by atoms with Gasteiger partial charge in [0.15, 0.2) is 0 Å². The van der Waals surface area contributed by atoms with Crippen LogP contribution < -0.4 is 10.5 Å². The van der Waals surface area contributed by atoms with Gasteiger partial charge < -0.3 is 10.5 Å². The lowest BCUT2D eigenvalue weighted by Crippen LogP contribution is -2.34. The predicted octanol–water partition coefficient (Wildman–Crippen LogP) is 1.17. The first-order chi connectivity index (χ1) is 9.54. The highest BCUT2D eigenvalue weighted by Crippen LogP contribution is 2.25. The lowest BCUT2D eigenvalue weighted by Gasteiger charge is -2.15. The quantitative estimate of drug-likeness (QED) is 0.819. The maximum atomic E-state index is 11.9. The largest absolute Gasteiger partial charge is 0.492 e. The number of likely N-dealkylation sites (tertiary alicyclic amines) is 1. The number of nitrogens with zero attached hydrogens (tertiary/aromatic N) is 1. The molecule has 0 aliphatic carbocycles. The number of amides is 2. The fourth-order valence-electron chi connectivity index (χ4n) is 2.22. The monoisotopic (exact) mass is 276 g/mol. The van der Waals surface area contributed by atoms with Crippen LogP contribution in [0.15, 0.2) is 24.3 Å². The Morgan fingerprint density at radius 2 is 1.65 bits per heavy atom. The molecule has 2 amide bonds. The molecule has 2 rings (SSSR count). The first-order valence-corrected chi connectivity index (χ1v) is 6.81. The molecule has 0 aromatic heterocycles. The first-order valence-electron chi connectivity index (χ1n) is 6.81. The fourth-order valence-corrected chi connectivity index (χ4v) is 2.22. The Hall–Kier alpha value is -1.88. The summed E-state index contributed by atoms with van der Waals surface area (Å²) < 4.78 is 5.55. The molecule has 1 aromatic rings. The summed E-state index contributed by atoms with van der Waals surface area (Å²) in [5.41, 5.74) is 6.55. The smallest absolute Gasteiger partial charge is 0.232 e. The van der Waals surface area contributed by atoms with Gasteiger partial charge in [-0.2, -0.15) is 0 Å². The summed E-state index contributed by atoms with van der Waals surface area (Å²) in [5, 5.41) is 0. The van der Waals surface area contributed by atoms with Gasteiger partial charge >= 0.3 is 0 Å². The van der Waals surface area contributed by atoms with E-state index >= 15 is 0 Å². The van der Waals surface area contributed by atoms with Crippen LogP contribution in [0.2, 0.25) is 0 Å². The standard InChI is InChI=1S/C15H20N2O3/c1-10-11(2)15(19)17(14(10)18)7-8-20-13-5-3-12(9-16)4-6-13/h3-6,10-11H,7-9,16H2,1-2H3. The minimum atomic E-state index is -0.230. The zero-order valence-corrected chi connectivity index (χ0v) is 11.8. The molecule has 0 radical (unpaired) electrons. The summed E-state index contributed by atoms with van der Waals surface area (Å²) in [7, 11) is 0. The van der Waals surface area contributed by atoms with Crippen LogP contribution in [0.1, 0.15) is 19.4 Å². The lowest BCUT2D eigenvalue weighted by atomic mass is 10.00. The van der Waals surface area contributed by atoms with Crippen LogP contribution in [-0.4, -0.2) is 29.9 Å². The summed E-state index contributed by atoms with van der Waals surface area (Å²) in [6, 6.07) is 7.46. The van der Waals surface area contributed by atoms with Crippen LogP contribution in [0, 0.1) is 11.8 Å². The SMILES string of the molecule is CC1C(=O)N(CCOc2ccc(CN)cc2)C(=O)C1C. The summed E-state index contributed by atoms with van der Waals surface area (Å²) in [4.78, 5) is 25.1. The zero-order valence-electron chi connectivity index (χ0n) is 11.8. The van der Waals surface area contributed by atoms with Crippen LogP contribution in [0.4, 0.5) is 0 Å². The zero-order chi connectivity index (χ0) is 14.7. The number of nitrogens with two attached hydrogens (primary N) is 1. The van der Waals surface area contributed by atoms with Crippen molar-refractivity contribution in [3.63, 3.8) is 0 Å². The van der Waals surface area contributed by atoms with Crippen LogP contribution in [-0.2, 0) is 16.1 Å². The highest BCUT2D eigenvalue weighted by molar-refractivity contribution is 6.04. The fraction of sp³-hybridized carbons (Fsp3) is 0.467. The van der Waals surface area contributed by atoms with Gasteiger partial charge in [0.1, 0.15) is 12.4 Å². The highest BCUT2D eigenvalue weighted by atomic mass is 16.5. The third-order valence-electron chi connectivity index (χ3n) is 3.80. The van der Waals surface area contributed by atoms with E-state index in [0.717, 1.165) is 5.56 Å². The van der Waals surface area contributed by atoms with E-state index in [1.165, 1.54) is 4.90 Å². The highest BCUT2D eigenvalue weighted by Gasteiger charge is 2.41. The maximum absolute atomic E-state index is 11.9. The number of hydrogen-bond acceptors (Lipinski definition) is 4. The Morgan fingerprint density at radius 1 is 1.10 bits per heavy atom. The lowest BCUT2D eigenvalue weighted by molar-refractivity contribution is -0.140. The van der Waals surface area contributed by atoms with Crippen molar-refractivity contribution in [2.75, 3.05) is 13.2 Å². The molecule has 0 spiro atoms. The third-order valence-corrected chi connectivity index (χ3v) is 3.80. The van der Waals surface area contributed by atoms with Gasteiger partial charge in [-0.05, 0) is 17.7 Å². The minimum absolute atomic E-state index is 0.107. The summed E-state index contributed by atoms with van der Waals surface area (Å²) in [6.07, 6.45) is 0. The van der Waals surface area contributed by atoms with Crippen molar-refractivity contribution in [3.8, 4) is 5.75 Å². The molecule has 2 unspecified atom stereocenters. The van der Waals surface area contributed by atoms with Gasteiger partial charge in [0, 0.05) is 18.4 Å². The van der Waals surface area contributed by atoms with Gasteiger partial charge in [0.05, 0.1) is 6.54 Å². The van der Waals surface area contributed by atoms with Crippen molar-refractivity contribution in [1.29, 1.82) is 0 Å². The van der Waals surface area contributed by atoms with Crippen molar-refractivity contribution >= 4 is 11.8 Å². The molecule has 20 heavy (non-hydrogen) atoms. The molecule has 2 N–H and O–H groups in total. The molecule has 1 saturated heterocycles. The molecule has 1 aliphatic rings. The molecule has 1 aromatic carbocycles. The molecule has 108 valence electrons. The van der Waals surface area contributed by atoms with Crippen molar-refractivity contribution in [2.45, 2.75) is 20.4 Å². The van der Waals surface area contributed by atoms with Crippen molar-refractivity contribution in [2.24, 2.45) is 17.6 Å². The van der Waals surface area contributed by atoms with Crippen LogP contribution in [0.25, 0.3) is 0 Å². The predicted molar refractivity (Wildman–Crippen MR) is 74.9 cm³/mol. The average molecular weight is 276 g/mol. The van der Waals surface area contributed by atoms with E-state index in [4.69, 9.17) is 10.5 Å². The number of rotatable bonds is 5. The molecular formula is C15H20N2O3. The summed E-state index contributed by atoms with van der Waals surface area (Å²) in [6.45, 7) is 4.67. The number of ether oxygens (including phenoxy) is 1. The second kappa shape index (κ2) is 6.05. The normalized spacial score (nSPS) is 22.4. The van der Waals surface area contributed by atoms with Crippen molar-refractivity contribution in [3.05, 3.63) is 29.8 Å². The van der Waals surface area contributed by atoms with E-state index in [1.54, 1.807) is 13.8 Å². The minimum Gasteiger partial charge on any atom is -0.492 e. The number of carbonyl (C=O) groups excluding carboxylic acids is 2. The maximum Gasteiger partial charge on any atom is 0.232 e. The van der Waals surface area contributed by atoms with E-state index < -0.39 is 0 Å². The van der Waals surface area contributed by atoms with Gasteiger partial charge in [0.25, 0.3) is 0 Å². The molecule has 0 saturated carbocycles. The van der Waals surface area contributed by atoms with E-state index in [2.05, 4.69) is 0 Å². The number of benzene rings is 1. The molecule has 1 heterocycles. The molecule has 5 heteroatoms. The average Bonchev–Trinajstić information content (AvgIpc) is 2.65. The van der Waals surface area contributed by atoms with Gasteiger partial charge in [-0.3, -0.25) is 14.5 Å². The summed E-state index contributed by atoms with van der Waals surface area (Å²) in [5.74, 6) is 0.0363. The van der Waals surface area contributed by atoms with E-state index in [-0.39, 0.29) is 23.7 Å². The molecule has 5 nitrogen and oxygen atoms in total. The second-order valence-electron chi connectivity index (χ2n) is 5.10. The van der Waals surface area contributed by atoms with E-state index in [1.807, 2.05) is 24.3 Å². The number of carbonyl (C=O) groups is 2. The molecule has 0 bridgehead atoms. The van der Waals surface area contributed by atoms with Crippen LogP contribution in [0.5, 0.6) is 5.75 Å². The van der Waals surface area contributed by atoms with Gasteiger partial charge in [-0.15, -0.1) is 0 Å². The van der Waals surface area contributed by atoms with E-state index in [9.17, 15) is 9.59 Å². The molecule has 1 aliphatic heterocycles. The van der Waals surface area contributed by atoms with Gasteiger partial charge in [-0.1, -0.05) is 26.0 Å². The van der Waals surface area contributed by atoms with Gasteiger partial charge in [0.2, 0.25) is 11.8 Å². The van der Waals surface area contributed by atoms with Gasteiger partial charge in [-0.25, -0.2) is 0 Å². The molecule has 2 atom stereocenters. The van der Waals surface area contributed by atoms with E-state index in [0.29, 0.717) is 25.4 Å². The van der Waals surface area contributed by atoms with Crippen molar-refractivity contribution < 1.29 is 14.3 Å². The van der Waals surface area contributed by atoms with Crippen LogP contribution in [0.3, 0.4) is 0 Å². The van der Waals surface area contributed by atoms with Crippen molar-refractivity contribution in [1.82, 2.24) is 4.90 Å². The number of imide groups is 1. The Labute approximate surface area is 118 Å².